The number of benzene rings is 3. The molecular formula is C30H43BN2O3. The van der Waals surface area contributed by atoms with Gasteiger partial charge in [0.05, 0.1) is 19.8 Å². The van der Waals surface area contributed by atoms with Gasteiger partial charge in [0.15, 0.2) is 0 Å². The Hall–Kier alpha value is -2.96. The summed E-state index contributed by atoms with van der Waals surface area (Å²) in [5, 5.41) is 0. The molecule has 0 unspecified atom stereocenters. The van der Waals surface area contributed by atoms with Gasteiger partial charge in [0.25, 0.3) is 6.71 Å². The Morgan fingerprint density at radius 1 is 0.500 bits per heavy atom. The van der Waals surface area contributed by atoms with Crippen LogP contribution in [0.5, 0.6) is 17.2 Å². The molecule has 36 heavy (non-hydrogen) atoms. The number of hydrogen-bond acceptors (Lipinski definition) is 5. The lowest BCUT2D eigenvalue weighted by Gasteiger charge is -2.23. The minimum Gasteiger partial charge on any atom is -0.494 e. The summed E-state index contributed by atoms with van der Waals surface area (Å²) in [5.74, 6) is 2.65. The van der Waals surface area contributed by atoms with Gasteiger partial charge < -0.3 is 25.7 Å². The first kappa shape index (κ1) is 29.3. The lowest BCUT2D eigenvalue weighted by Crippen LogP contribution is -2.53. The molecule has 3 aromatic rings. The average molecular weight is 490 g/mol. The maximum Gasteiger partial charge on any atom is 0.255 e. The van der Waals surface area contributed by atoms with Crippen LogP contribution in [0.15, 0.2) is 72.8 Å². The SMILES string of the molecule is CCOc1ccccc1B(c1ccccc1OCC)c1ccccc1OCC.NCCCCCCN. The number of nitrogens with two attached hydrogens (primary N) is 2. The van der Waals surface area contributed by atoms with Gasteiger partial charge in [-0.05, 0) is 81.3 Å². The van der Waals surface area contributed by atoms with Crippen LogP contribution in [-0.2, 0) is 0 Å². The second kappa shape index (κ2) is 17.5. The third-order valence-electron chi connectivity index (χ3n) is 5.75. The fourth-order valence-corrected chi connectivity index (χ4v) is 4.16. The second-order valence-electron chi connectivity index (χ2n) is 8.34. The molecule has 0 saturated heterocycles. The van der Waals surface area contributed by atoms with E-state index in [2.05, 4.69) is 36.4 Å². The largest absolute Gasteiger partial charge is 0.494 e. The van der Waals surface area contributed by atoms with Gasteiger partial charge in [0, 0.05) is 0 Å². The molecule has 5 nitrogen and oxygen atoms in total. The van der Waals surface area contributed by atoms with Crippen molar-refractivity contribution < 1.29 is 14.2 Å². The van der Waals surface area contributed by atoms with E-state index in [0.29, 0.717) is 19.8 Å². The first-order valence-electron chi connectivity index (χ1n) is 13.3. The Kier molecular flexibility index (Phi) is 14.2. The molecule has 6 heteroatoms. The van der Waals surface area contributed by atoms with Crippen molar-refractivity contribution >= 4 is 23.1 Å². The van der Waals surface area contributed by atoms with Gasteiger partial charge in [-0.1, -0.05) is 67.4 Å². The zero-order valence-electron chi connectivity index (χ0n) is 22.2. The fourth-order valence-electron chi connectivity index (χ4n) is 4.16. The van der Waals surface area contributed by atoms with Crippen LogP contribution in [0.2, 0.25) is 0 Å². The maximum absolute atomic E-state index is 5.98. The van der Waals surface area contributed by atoms with Gasteiger partial charge in [-0.2, -0.15) is 0 Å². The van der Waals surface area contributed by atoms with Crippen molar-refractivity contribution in [3.63, 3.8) is 0 Å². The van der Waals surface area contributed by atoms with Crippen molar-refractivity contribution in [2.24, 2.45) is 11.5 Å². The van der Waals surface area contributed by atoms with E-state index in [9.17, 15) is 0 Å². The molecular weight excluding hydrogens is 447 g/mol. The highest BCUT2D eigenvalue weighted by molar-refractivity contribution is 6.97. The van der Waals surface area contributed by atoms with Gasteiger partial charge in [-0.15, -0.1) is 0 Å². The average Bonchev–Trinajstić information content (AvgIpc) is 2.91. The van der Waals surface area contributed by atoms with Gasteiger partial charge >= 0.3 is 0 Å². The zero-order chi connectivity index (χ0) is 26.0. The molecule has 0 amide bonds. The van der Waals surface area contributed by atoms with Crippen molar-refractivity contribution in [3.05, 3.63) is 72.8 Å². The third-order valence-corrected chi connectivity index (χ3v) is 5.75. The molecule has 3 aromatic carbocycles. The summed E-state index contributed by atoms with van der Waals surface area (Å²) >= 11 is 0. The van der Waals surface area contributed by atoms with E-state index >= 15 is 0 Å². The summed E-state index contributed by atoms with van der Waals surface area (Å²) in [5.41, 5.74) is 13.9. The standard InChI is InChI=1S/C24H27BO3.C6H16N2/c1-4-26-22-16-10-7-13-19(22)25(20-14-8-11-17-23(20)27-5-2)21-15-9-12-18-24(21)28-6-3;7-5-3-1-2-4-6-8/h7-18H,4-6H2,1-3H3;1-8H2. The van der Waals surface area contributed by atoms with Crippen LogP contribution in [0.4, 0.5) is 0 Å². The lowest BCUT2D eigenvalue weighted by atomic mass is 9.36. The minimum absolute atomic E-state index is 0.0618. The summed E-state index contributed by atoms with van der Waals surface area (Å²) in [7, 11) is 0. The Balaban J connectivity index is 0.000000493. The Bertz CT molecular complexity index is 876. The first-order chi connectivity index (χ1) is 17.7. The highest BCUT2D eigenvalue weighted by atomic mass is 16.5. The van der Waals surface area contributed by atoms with E-state index in [4.69, 9.17) is 25.7 Å². The van der Waals surface area contributed by atoms with Crippen molar-refractivity contribution in [1.82, 2.24) is 0 Å². The topological polar surface area (TPSA) is 79.7 Å². The van der Waals surface area contributed by atoms with Crippen LogP contribution in [0.25, 0.3) is 0 Å². The Morgan fingerprint density at radius 3 is 1.08 bits per heavy atom. The molecule has 0 saturated carbocycles. The van der Waals surface area contributed by atoms with Crippen LogP contribution >= 0.6 is 0 Å². The van der Waals surface area contributed by atoms with Gasteiger partial charge in [0.1, 0.15) is 17.2 Å². The fraction of sp³-hybridized carbons (Fsp3) is 0.400. The molecule has 0 aromatic heterocycles. The van der Waals surface area contributed by atoms with E-state index in [1.165, 1.54) is 12.8 Å². The highest BCUT2D eigenvalue weighted by Gasteiger charge is 2.30. The third kappa shape index (κ3) is 8.92. The van der Waals surface area contributed by atoms with E-state index in [1.807, 2.05) is 57.2 Å². The molecule has 0 heterocycles. The summed E-state index contributed by atoms with van der Waals surface area (Å²) in [6, 6.07) is 24.6. The monoisotopic (exact) mass is 490 g/mol. The molecule has 3 rings (SSSR count). The number of unbranched alkanes of at least 4 members (excludes halogenated alkanes) is 3. The number of ether oxygens (including phenoxy) is 3. The van der Waals surface area contributed by atoms with E-state index in [1.54, 1.807) is 0 Å². The predicted octanol–water partition coefficient (Wildman–Crippen LogP) is 3.86. The molecule has 0 aliphatic rings. The Morgan fingerprint density at radius 2 is 0.806 bits per heavy atom. The summed E-state index contributed by atoms with van der Waals surface area (Å²) in [6.45, 7) is 9.46. The van der Waals surface area contributed by atoms with Crippen LogP contribution in [-0.4, -0.2) is 39.6 Å². The second-order valence-corrected chi connectivity index (χ2v) is 8.34. The molecule has 0 spiro atoms. The summed E-state index contributed by atoms with van der Waals surface area (Å²) in [6.07, 6.45) is 4.79. The molecule has 0 aliphatic carbocycles. The smallest absolute Gasteiger partial charge is 0.255 e. The van der Waals surface area contributed by atoms with Crippen LogP contribution in [0.3, 0.4) is 0 Å². The van der Waals surface area contributed by atoms with E-state index in [0.717, 1.165) is 59.6 Å². The Labute approximate surface area is 218 Å². The van der Waals surface area contributed by atoms with Crippen molar-refractivity contribution in [3.8, 4) is 17.2 Å². The molecule has 0 radical (unpaired) electrons. The quantitative estimate of drug-likeness (QED) is 0.265. The molecule has 0 fully saturated rings. The van der Waals surface area contributed by atoms with Crippen molar-refractivity contribution in [1.29, 1.82) is 0 Å². The number of para-hydroxylation sites is 3. The highest BCUT2D eigenvalue weighted by Crippen LogP contribution is 2.17. The molecule has 0 aliphatic heterocycles. The van der Waals surface area contributed by atoms with Gasteiger partial charge in [-0.25, -0.2) is 0 Å². The zero-order valence-corrected chi connectivity index (χ0v) is 22.2. The van der Waals surface area contributed by atoms with Crippen LogP contribution < -0.4 is 42.1 Å². The van der Waals surface area contributed by atoms with Gasteiger partial charge in [-0.3, -0.25) is 0 Å². The van der Waals surface area contributed by atoms with Crippen LogP contribution in [0.1, 0.15) is 46.5 Å². The van der Waals surface area contributed by atoms with E-state index in [-0.39, 0.29) is 6.71 Å². The minimum atomic E-state index is -0.0618. The van der Waals surface area contributed by atoms with Crippen molar-refractivity contribution in [2.45, 2.75) is 46.5 Å². The lowest BCUT2D eigenvalue weighted by molar-refractivity contribution is 0.341. The van der Waals surface area contributed by atoms with Crippen LogP contribution in [0, 0.1) is 0 Å². The molecule has 0 atom stereocenters. The maximum atomic E-state index is 5.98. The molecule has 194 valence electrons. The molecule has 4 N–H and O–H groups in total. The number of rotatable bonds is 14. The summed E-state index contributed by atoms with van der Waals surface area (Å²) in [4.78, 5) is 0. The normalized spacial score (nSPS) is 10.2. The molecule has 0 bridgehead atoms. The number of hydrogen-bond donors (Lipinski definition) is 2. The van der Waals surface area contributed by atoms with Crippen molar-refractivity contribution in [2.75, 3.05) is 32.9 Å². The van der Waals surface area contributed by atoms with E-state index < -0.39 is 0 Å². The predicted molar refractivity (Wildman–Crippen MR) is 154 cm³/mol. The first-order valence-corrected chi connectivity index (χ1v) is 13.3. The summed E-state index contributed by atoms with van der Waals surface area (Å²) < 4.78 is 17.9. The van der Waals surface area contributed by atoms with Gasteiger partial charge in [0.2, 0.25) is 0 Å².